The Hall–Kier alpha value is -2.65. The van der Waals surface area contributed by atoms with E-state index in [0.717, 1.165) is 23.2 Å². The Morgan fingerprint density at radius 3 is 2.70 bits per heavy atom. The van der Waals surface area contributed by atoms with Crippen molar-refractivity contribution < 1.29 is 23.1 Å². The summed E-state index contributed by atoms with van der Waals surface area (Å²) < 4.78 is 38.5. The molecule has 0 saturated heterocycles. The molecule has 2 aromatic heterocycles. The van der Waals surface area contributed by atoms with E-state index in [4.69, 9.17) is 11.6 Å². The van der Waals surface area contributed by atoms with E-state index in [1.165, 1.54) is 6.07 Å². The number of H-pyrrole nitrogens is 1. The van der Waals surface area contributed by atoms with E-state index in [0.29, 0.717) is 23.4 Å². The lowest BCUT2D eigenvalue weighted by atomic mass is 9.86. The number of aromatic amines is 1. The van der Waals surface area contributed by atoms with Crippen molar-refractivity contribution in [1.82, 2.24) is 20.5 Å². The number of hydrogen-bond acceptors (Lipinski definition) is 4. The van der Waals surface area contributed by atoms with Crippen LogP contribution in [0.1, 0.15) is 34.5 Å². The summed E-state index contributed by atoms with van der Waals surface area (Å²) in [6, 6.07) is 5.28. The van der Waals surface area contributed by atoms with E-state index in [9.17, 15) is 23.1 Å². The van der Waals surface area contributed by atoms with Crippen molar-refractivity contribution in [1.29, 1.82) is 0 Å². The fourth-order valence-electron chi connectivity index (χ4n) is 4.66. The molecule has 1 aromatic carbocycles. The van der Waals surface area contributed by atoms with Gasteiger partial charge in [-0.25, -0.2) is 0 Å². The zero-order valence-corrected chi connectivity index (χ0v) is 16.1. The van der Waals surface area contributed by atoms with Crippen LogP contribution in [0.5, 0.6) is 0 Å². The number of halogens is 4. The van der Waals surface area contributed by atoms with Crippen molar-refractivity contribution in [2.45, 2.75) is 30.7 Å². The van der Waals surface area contributed by atoms with Crippen LogP contribution in [0.2, 0.25) is 5.02 Å². The molecule has 0 bridgehead atoms. The monoisotopic (exact) mass is 436 g/mol. The number of aromatic nitrogens is 3. The van der Waals surface area contributed by atoms with Crippen molar-refractivity contribution in [3.05, 3.63) is 58.5 Å². The highest BCUT2D eigenvalue weighted by Crippen LogP contribution is 2.60. The number of pyridine rings is 1. The minimum Gasteiger partial charge on any atom is -0.385 e. The number of hydrogen-bond donors (Lipinski definition) is 3. The lowest BCUT2D eigenvalue weighted by molar-refractivity contribution is -0.141. The van der Waals surface area contributed by atoms with E-state index in [1.807, 2.05) is 0 Å². The third kappa shape index (κ3) is 3.13. The molecular formula is C20H16ClF3N4O2. The van der Waals surface area contributed by atoms with E-state index in [2.05, 4.69) is 20.5 Å². The molecule has 10 heteroatoms. The van der Waals surface area contributed by atoms with Gasteiger partial charge in [-0.1, -0.05) is 11.6 Å². The Labute approximate surface area is 173 Å². The minimum absolute atomic E-state index is 0.0452. The Kier molecular flexibility index (Phi) is 4.14. The fourth-order valence-corrected chi connectivity index (χ4v) is 4.88. The van der Waals surface area contributed by atoms with Gasteiger partial charge < -0.3 is 10.4 Å². The summed E-state index contributed by atoms with van der Waals surface area (Å²) in [4.78, 5) is 15.7. The smallest absolute Gasteiger partial charge is 0.385 e. The third-order valence-electron chi connectivity index (χ3n) is 6.11. The van der Waals surface area contributed by atoms with E-state index < -0.39 is 23.4 Å². The van der Waals surface area contributed by atoms with Crippen molar-refractivity contribution in [3.8, 4) is 0 Å². The molecule has 0 aliphatic heterocycles. The molecule has 0 radical (unpaired) electrons. The Morgan fingerprint density at radius 2 is 2.00 bits per heavy atom. The lowest BCUT2D eigenvalue weighted by Gasteiger charge is -2.27. The second-order valence-electron chi connectivity index (χ2n) is 7.98. The Balaban J connectivity index is 1.30. The van der Waals surface area contributed by atoms with Crippen LogP contribution in [0.3, 0.4) is 0 Å². The zero-order valence-electron chi connectivity index (χ0n) is 15.4. The average Bonchev–Trinajstić information content (AvgIpc) is 3.03. The molecule has 0 unspecified atom stereocenters. The number of aliphatic hydroxyl groups is 1. The number of benzene rings is 1. The maximum atomic E-state index is 12.8. The van der Waals surface area contributed by atoms with Gasteiger partial charge in [0.2, 0.25) is 0 Å². The van der Waals surface area contributed by atoms with Gasteiger partial charge in [-0.2, -0.15) is 18.3 Å². The summed E-state index contributed by atoms with van der Waals surface area (Å²) in [6.07, 6.45) is -1.15. The van der Waals surface area contributed by atoms with Gasteiger partial charge in [-0.15, -0.1) is 0 Å². The highest BCUT2D eigenvalue weighted by atomic mass is 35.5. The normalized spacial score (nSPS) is 27.8. The summed E-state index contributed by atoms with van der Waals surface area (Å²) in [5, 5.41) is 22.2. The molecule has 2 fully saturated rings. The van der Waals surface area contributed by atoms with Gasteiger partial charge >= 0.3 is 6.18 Å². The quantitative estimate of drug-likeness (QED) is 0.584. The van der Waals surface area contributed by atoms with Crippen LogP contribution in [0.25, 0.3) is 10.9 Å². The number of fused-ring (bicyclic) bond motifs is 2. The predicted molar refractivity (Wildman–Crippen MR) is 102 cm³/mol. The van der Waals surface area contributed by atoms with Crippen LogP contribution < -0.4 is 5.32 Å². The number of amides is 1. The molecule has 5 rings (SSSR count). The van der Waals surface area contributed by atoms with Gasteiger partial charge in [0, 0.05) is 28.2 Å². The number of carbonyl (C=O) groups is 1. The van der Waals surface area contributed by atoms with Crippen LogP contribution in [-0.2, 0) is 11.8 Å². The Morgan fingerprint density at radius 1 is 1.27 bits per heavy atom. The maximum absolute atomic E-state index is 12.8. The van der Waals surface area contributed by atoms with Crippen LogP contribution in [0, 0.1) is 11.8 Å². The first-order valence-electron chi connectivity index (χ1n) is 9.35. The average molecular weight is 437 g/mol. The van der Waals surface area contributed by atoms with Crippen LogP contribution in [-0.4, -0.2) is 32.2 Å². The molecule has 2 aliphatic rings. The highest BCUT2D eigenvalue weighted by molar-refractivity contribution is 6.31. The van der Waals surface area contributed by atoms with E-state index in [1.54, 1.807) is 18.3 Å². The van der Waals surface area contributed by atoms with Gasteiger partial charge in [0.25, 0.3) is 5.91 Å². The fraction of sp³-hybridized carbons (Fsp3) is 0.350. The molecule has 30 heavy (non-hydrogen) atoms. The number of nitrogens with one attached hydrogen (secondary N) is 2. The first-order chi connectivity index (χ1) is 14.2. The summed E-state index contributed by atoms with van der Waals surface area (Å²) in [7, 11) is 0. The summed E-state index contributed by atoms with van der Waals surface area (Å²) >= 11 is 6.18. The number of alkyl halides is 3. The van der Waals surface area contributed by atoms with Crippen molar-refractivity contribution in [2.75, 3.05) is 0 Å². The van der Waals surface area contributed by atoms with Gasteiger partial charge in [0.15, 0.2) is 0 Å². The molecule has 2 aliphatic carbocycles. The molecule has 0 spiro atoms. The van der Waals surface area contributed by atoms with Crippen molar-refractivity contribution >= 4 is 28.4 Å². The first kappa shape index (κ1) is 19.3. The topological polar surface area (TPSA) is 90.9 Å². The summed E-state index contributed by atoms with van der Waals surface area (Å²) in [5.41, 5.74) is -0.864. The number of rotatable bonds is 3. The molecule has 2 heterocycles. The first-order valence-corrected chi connectivity index (χ1v) is 9.73. The maximum Gasteiger partial charge on any atom is 0.433 e. The van der Waals surface area contributed by atoms with Crippen molar-refractivity contribution in [3.63, 3.8) is 0 Å². The largest absolute Gasteiger partial charge is 0.433 e. The zero-order chi connectivity index (χ0) is 21.3. The van der Waals surface area contributed by atoms with Gasteiger partial charge in [-0.3, -0.25) is 14.9 Å². The molecule has 2 saturated carbocycles. The SMILES string of the molecule is O=C(N[C@H]1[C@@H]2C[C@](O)(c3cc(Cl)cc4[nH]ncc34)C[C@@H]21)c1ccnc(C(F)(F)F)c1. The molecule has 4 atom stereocenters. The van der Waals surface area contributed by atoms with Crippen LogP contribution in [0.4, 0.5) is 13.2 Å². The standard InChI is InChI=1S/C20H16ClF3N4O2/c21-10-4-14(13-8-26-28-15(13)5-10)19(30)6-11-12(7-19)17(11)27-18(29)9-1-2-25-16(3-9)20(22,23)24/h1-5,8,11-12,17,30H,6-7H2,(H,26,28)(H,27,29)/t11-,12+,17+,19-. The van der Waals surface area contributed by atoms with E-state index in [-0.39, 0.29) is 23.4 Å². The highest BCUT2D eigenvalue weighted by Gasteiger charge is 2.62. The molecular weight excluding hydrogens is 421 g/mol. The number of carbonyl (C=O) groups excluding carboxylic acids is 1. The molecule has 1 amide bonds. The second kappa shape index (κ2) is 6.42. The third-order valence-corrected chi connectivity index (χ3v) is 6.33. The van der Waals surface area contributed by atoms with Crippen LogP contribution >= 0.6 is 11.6 Å². The molecule has 3 N–H and O–H groups in total. The second-order valence-corrected chi connectivity index (χ2v) is 8.42. The number of nitrogens with zero attached hydrogens (tertiary/aromatic N) is 2. The van der Waals surface area contributed by atoms with E-state index >= 15 is 0 Å². The van der Waals surface area contributed by atoms with Gasteiger partial charge in [-0.05, 0) is 54.5 Å². The van der Waals surface area contributed by atoms with Gasteiger partial charge in [0.05, 0.1) is 17.3 Å². The summed E-state index contributed by atoms with van der Waals surface area (Å²) in [6.45, 7) is 0. The lowest BCUT2D eigenvalue weighted by Crippen LogP contribution is -2.33. The molecule has 3 aromatic rings. The predicted octanol–water partition coefficient (Wildman–Crippen LogP) is 3.66. The van der Waals surface area contributed by atoms with Crippen molar-refractivity contribution in [2.24, 2.45) is 11.8 Å². The van der Waals surface area contributed by atoms with Crippen LogP contribution in [0.15, 0.2) is 36.7 Å². The summed E-state index contributed by atoms with van der Waals surface area (Å²) in [5.74, 6) is -0.488. The molecule has 6 nitrogen and oxygen atoms in total. The van der Waals surface area contributed by atoms with Gasteiger partial charge in [0.1, 0.15) is 5.69 Å². The minimum atomic E-state index is -4.61. The molecule has 156 valence electrons. The Bertz CT molecular complexity index is 1150.